The molecule has 0 atom stereocenters. The molecule has 0 fully saturated rings. The normalized spacial score (nSPS) is 11.3. The Bertz CT molecular complexity index is 612. The molecule has 0 amide bonds. The molecular weight excluding hydrogens is 530 g/mol. The molecule has 42 heavy (non-hydrogen) atoms. The molecule has 1 rings (SSSR count). The maximum Gasteiger partial charge on any atom is 0.0476 e. The van der Waals surface area contributed by atoms with Gasteiger partial charge in [-0.1, -0.05) is 218 Å². The molecule has 1 aromatic rings. The van der Waals surface area contributed by atoms with Crippen LogP contribution in [0.3, 0.4) is 0 Å². The van der Waals surface area contributed by atoms with E-state index in [9.17, 15) is 0 Å². The van der Waals surface area contributed by atoms with Gasteiger partial charge in [0.05, 0.1) is 0 Å². The van der Waals surface area contributed by atoms with Gasteiger partial charge in [-0.05, 0) is 29.9 Å². The van der Waals surface area contributed by atoms with E-state index in [0.29, 0.717) is 11.8 Å². The van der Waals surface area contributed by atoms with Crippen LogP contribution in [0.1, 0.15) is 224 Å². The zero-order valence-corrected chi connectivity index (χ0v) is 29.6. The third-order valence-electron chi connectivity index (χ3n) is 9.45. The first kappa shape index (κ1) is 41.5. The van der Waals surface area contributed by atoms with Crippen molar-refractivity contribution >= 4 is 11.6 Å². The summed E-state index contributed by atoms with van der Waals surface area (Å²) in [6.07, 6.45) is 43.0. The van der Waals surface area contributed by atoms with Gasteiger partial charge < -0.3 is 6.15 Å². The SMILES string of the molecule is CCCCCCCCCCCCCCCCC(CCCCCCCCCCCCCCCC)c1ccccc1CCl.N. The average Bonchev–Trinajstić information content (AvgIpc) is 3.00. The van der Waals surface area contributed by atoms with E-state index in [0.717, 1.165) is 0 Å². The van der Waals surface area contributed by atoms with Crippen LogP contribution in [-0.2, 0) is 5.88 Å². The van der Waals surface area contributed by atoms with Gasteiger partial charge in [0.2, 0.25) is 0 Å². The molecule has 1 aromatic carbocycles. The molecule has 0 bridgehead atoms. The molecule has 3 N–H and O–H groups in total. The van der Waals surface area contributed by atoms with Crippen LogP contribution in [0.5, 0.6) is 0 Å². The summed E-state index contributed by atoms with van der Waals surface area (Å²) in [5.74, 6) is 1.36. The number of unbranched alkanes of at least 4 members (excludes halogenated alkanes) is 26. The summed E-state index contributed by atoms with van der Waals surface area (Å²) in [4.78, 5) is 0. The van der Waals surface area contributed by atoms with Gasteiger partial charge in [0.1, 0.15) is 0 Å². The molecule has 0 spiro atoms. The minimum atomic E-state index is 0. The largest absolute Gasteiger partial charge is 0.344 e. The van der Waals surface area contributed by atoms with Crippen LogP contribution in [0.25, 0.3) is 0 Å². The van der Waals surface area contributed by atoms with Crippen molar-refractivity contribution in [2.24, 2.45) is 0 Å². The van der Waals surface area contributed by atoms with Gasteiger partial charge in [0.25, 0.3) is 0 Å². The highest BCUT2D eigenvalue weighted by Crippen LogP contribution is 2.32. The summed E-state index contributed by atoms with van der Waals surface area (Å²) in [5, 5.41) is 0. The second-order valence-electron chi connectivity index (χ2n) is 13.3. The summed E-state index contributed by atoms with van der Waals surface area (Å²) in [5.41, 5.74) is 2.92. The molecule has 0 aliphatic rings. The Labute approximate surface area is 270 Å². The highest BCUT2D eigenvalue weighted by atomic mass is 35.5. The molecule has 0 aliphatic heterocycles. The lowest BCUT2D eigenvalue weighted by Gasteiger charge is -2.20. The van der Waals surface area contributed by atoms with Crippen LogP contribution >= 0.6 is 11.6 Å². The van der Waals surface area contributed by atoms with Crippen molar-refractivity contribution in [3.8, 4) is 0 Å². The standard InChI is InChI=1S/C40H73Cl.H3N/c1-3-5-7-9-11-13-15-17-19-21-23-25-27-29-33-38(40-36-32-31-35-39(40)37-41)34-30-28-26-24-22-20-18-16-14-12-10-8-6-4-2;/h31-32,35-36,38H,3-30,33-34,37H2,1-2H3;1H3. The summed E-state index contributed by atoms with van der Waals surface area (Å²) >= 11 is 6.36. The number of rotatable bonds is 32. The lowest BCUT2D eigenvalue weighted by Crippen LogP contribution is -2.03. The van der Waals surface area contributed by atoms with Gasteiger partial charge in [0, 0.05) is 5.88 Å². The van der Waals surface area contributed by atoms with E-state index in [1.54, 1.807) is 5.56 Å². The minimum Gasteiger partial charge on any atom is -0.344 e. The van der Waals surface area contributed by atoms with Gasteiger partial charge in [-0.2, -0.15) is 0 Å². The first-order valence-corrected chi connectivity index (χ1v) is 19.5. The van der Waals surface area contributed by atoms with Gasteiger partial charge in [-0.15, -0.1) is 11.6 Å². The summed E-state index contributed by atoms with van der Waals surface area (Å²) in [6.45, 7) is 4.61. The minimum absolute atomic E-state index is 0. The Morgan fingerprint density at radius 2 is 0.714 bits per heavy atom. The monoisotopic (exact) mass is 606 g/mol. The maximum absolute atomic E-state index is 6.36. The fourth-order valence-corrected chi connectivity index (χ4v) is 6.92. The molecule has 0 aromatic heterocycles. The van der Waals surface area contributed by atoms with Crippen LogP contribution in [-0.4, -0.2) is 0 Å². The molecule has 0 heterocycles. The smallest absolute Gasteiger partial charge is 0.0476 e. The molecule has 0 aliphatic carbocycles. The summed E-state index contributed by atoms with van der Waals surface area (Å²) < 4.78 is 0. The topological polar surface area (TPSA) is 35.0 Å². The van der Waals surface area contributed by atoms with Gasteiger partial charge in [-0.3, -0.25) is 0 Å². The molecule has 2 heteroatoms. The summed E-state index contributed by atoms with van der Waals surface area (Å²) in [7, 11) is 0. The number of hydrogen-bond acceptors (Lipinski definition) is 1. The Balaban J connectivity index is 0.0000168. The molecule has 0 radical (unpaired) electrons. The lowest BCUT2D eigenvalue weighted by atomic mass is 9.86. The predicted octanol–water partition coefficient (Wildman–Crippen LogP) is 15.4. The molecular formula is C40H76ClN. The third-order valence-corrected chi connectivity index (χ3v) is 9.74. The van der Waals surface area contributed by atoms with E-state index >= 15 is 0 Å². The van der Waals surface area contributed by atoms with Crippen LogP contribution in [0.4, 0.5) is 0 Å². The van der Waals surface area contributed by atoms with E-state index < -0.39 is 0 Å². The van der Waals surface area contributed by atoms with Crippen molar-refractivity contribution < 1.29 is 0 Å². The van der Waals surface area contributed by atoms with Crippen molar-refractivity contribution in [2.45, 2.75) is 218 Å². The Hall–Kier alpha value is -0.530. The number of alkyl halides is 1. The third kappa shape index (κ3) is 24.9. The second kappa shape index (κ2) is 33.4. The zero-order chi connectivity index (χ0) is 29.5. The predicted molar refractivity (Wildman–Crippen MR) is 194 cm³/mol. The molecule has 248 valence electrons. The maximum atomic E-state index is 6.36. The Morgan fingerprint density at radius 3 is 1.02 bits per heavy atom. The van der Waals surface area contributed by atoms with Gasteiger partial charge in [0.15, 0.2) is 0 Å². The fraction of sp³-hybridized carbons (Fsp3) is 0.850. The van der Waals surface area contributed by atoms with Crippen molar-refractivity contribution in [3.63, 3.8) is 0 Å². The highest BCUT2D eigenvalue weighted by molar-refractivity contribution is 6.17. The number of hydrogen-bond donors (Lipinski definition) is 1. The van der Waals surface area contributed by atoms with Crippen LogP contribution < -0.4 is 6.15 Å². The van der Waals surface area contributed by atoms with E-state index in [1.807, 2.05) is 0 Å². The van der Waals surface area contributed by atoms with Crippen LogP contribution in [0.2, 0.25) is 0 Å². The van der Waals surface area contributed by atoms with E-state index in [2.05, 4.69) is 38.1 Å². The lowest BCUT2D eigenvalue weighted by molar-refractivity contribution is 0.478. The Morgan fingerprint density at radius 1 is 0.429 bits per heavy atom. The van der Waals surface area contributed by atoms with E-state index in [4.69, 9.17) is 11.6 Å². The van der Waals surface area contributed by atoms with Crippen molar-refractivity contribution in [3.05, 3.63) is 35.4 Å². The molecule has 0 saturated heterocycles. The van der Waals surface area contributed by atoms with E-state index in [1.165, 1.54) is 198 Å². The average molecular weight is 607 g/mol. The van der Waals surface area contributed by atoms with Gasteiger partial charge in [-0.25, -0.2) is 0 Å². The first-order valence-electron chi connectivity index (χ1n) is 19.0. The van der Waals surface area contributed by atoms with Crippen LogP contribution in [0.15, 0.2) is 24.3 Å². The van der Waals surface area contributed by atoms with Crippen LogP contribution in [0, 0.1) is 0 Å². The van der Waals surface area contributed by atoms with Crippen molar-refractivity contribution in [1.29, 1.82) is 0 Å². The molecule has 0 unspecified atom stereocenters. The number of halogens is 1. The van der Waals surface area contributed by atoms with Crippen molar-refractivity contribution in [1.82, 2.24) is 6.15 Å². The van der Waals surface area contributed by atoms with Crippen molar-refractivity contribution in [2.75, 3.05) is 0 Å². The molecule has 0 saturated carbocycles. The second-order valence-corrected chi connectivity index (χ2v) is 13.6. The highest BCUT2D eigenvalue weighted by Gasteiger charge is 2.14. The quantitative estimate of drug-likeness (QED) is 0.0643. The fourth-order valence-electron chi connectivity index (χ4n) is 6.68. The first-order chi connectivity index (χ1) is 20.3. The molecule has 1 nitrogen and oxygen atoms in total. The van der Waals surface area contributed by atoms with Gasteiger partial charge >= 0.3 is 0 Å². The van der Waals surface area contributed by atoms with E-state index in [-0.39, 0.29) is 6.15 Å². The Kier molecular flexibility index (Phi) is 32.9. The number of benzene rings is 1. The summed E-state index contributed by atoms with van der Waals surface area (Å²) in [6, 6.07) is 9.02. The zero-order valence-electron chi connectivity index (χ0n) is 28.9.